The second-order valence-corrected chi connectivity index (χ2v) is 3.28. The molecule has 0 aromatic carbocycles. The maximum Gasteiger partial charge on any atom is 0.213 e. The van der Waals surface area contributed by atoms with E-state index in [0.717, 1.165) is 6.54 Å². The second kappa shape index (κ2) is 5.57. The fraction of sp³-hybridized carbons (Fsp3) is 0.500. The summed E-state index contributed by atoms with van der Waals surface area (Å²) in [7, 11) is 3.97. The van der Waals surface area contributed by atoms with Gasteiger partial charge in [-0.3, -0.25) is 0 Å². The Labute approximate surface area is 84.1 Å². The highest BCUT2D eigenvalue weighted by molar-refractivity contribution is 5.15. The molecule has 0 spiro atoms. The van der Waals surface area contributed by atoms with Crippen LogP contribution in [0.4, 0.5) is 0 Å². The lowest BCUT2D eigenvalue weighted by molar-refractivity contribution is 0.247. The smallest absolute Gasteiger partial charge is 0.213 e. The van der Waals surface area contributed by atoms with Gasteiger partial charge in [0.15, 0.2) is 0 Å². The Morgan fingerprint density at radius 3 is 2.86 bits per heavy atom. The summed E-state index contributed by atoms with van der Waals surface area (Å²) in [6, 6.07) is 5.37. The van der Waals surface area contributed by atoms with Gasteiger partial charge in [-0.2, -0.15) is 0 Å². The van der Waals surface area contributed by atoms with Crippen molar-refractivity contribution < 1.29 is 9.84 Å². The molecule has 1 N–H and O–H groups in total. The van der Waals surface area contributed by atoms with Crippen LogP contribution in [-0.4, -0.2) is 42.2 Å². The van der Waals surface area contributed by atoms with Crippen molar-refractivity contribution in [2.45, 2.75) is 6.61 Å². The summed E-state index contributed by atoms with van der Waals surface area (Å²) in [6.07, 6.45) is 0. The number of nitrogens with zero attached hydrogens (tertiary/aromatic N) is 2. The Bertz CT molecular complexity index is 277. The number of rotatable bonds is 5. The zero-order valence-corrected chi connectivity index (χ0v) is 8.60. The van der Waals surface area contributed by atoms with Crippen LogP contribution in [-0.2, 0) is 6.61 Å². The first-order chi connectivity index (χ1) is 6.72. The first kappa shape index (κ1) is 10.9. The molecule has 0 saturated carbocycles. The fourth-order valence-corrected chi connectivity index (χ4v) is 0.959. The molecule has 0 amide bonds. The van der Waals surface area contributed by atoms with Gasteiger partial charge in [0.05, 0.1) is 12.3 Å². The highest BCUT2D eigenvalue weighted by Crippen LogP contribution is 2.07. The van der Waals surface area contributed by atoms with Crippen molar-refractivity contribution in [3.63, 3.8) is 0 Å². The van der Waals surface area contributed by atoms with Crippen LogP contribution in [0.3, 0.4) is 0 Å². The van der Waals surface area contributed by atoms with E-state index in [1.54, 1.807) is 12.1 Å². The highest BCUT2D eigenvalue weighted by atomic mass is 16.5. The van der Waals surface area contributed by atoms with Gasteiger partial charge in [0, 0.05) is 12.6 Å². The Kier molecular flexibility index (Phi) is 4.35. The van der Waals surface area contributed by atoms with Crippen LogP contribution in [0.5, 0.6) is 5.88 Å². The number of aromatic nitrogens is 1. The lowest BCUT2D eigenvalue weighted by atomic mass is 10.4. The standard InChI is InChI=1S/C10H16N2O2/c1-12(2)6-7-14-10-5-3-4-9(8-13)11-10/h3-5,13H,6-8H2,1-2H3. The summed E-state index contributed by atoms with van der Waals surface area (Å²) in [6.45, 7) is 1.41. The van der Waals surface area contributed by atoms with Gasteiger partial charge in [-0.25, -0.2) is 4.98 Å². The molecular weight excluding hydrogens is 180 g/mol. The fourth-order valence-electron chi connectivity index (χ4n) is 0.959. The molecular formula is C10H16N2O2. The molecule has 0 aliphatic heterocycles. The zero-order valence-electron chi connectivity index (χ0n) is 8.60. The maximum absolute atomic E-state index is 8.85. The van der Waals surface area contributed by atoms with Crippen molar-refractivity contribution in [3.8, 4) is 5.88 Å². The molecule has 78 valence electrons. The van der Waals surface area contributed by atoms with Gasteiger partial charge in [0.25, 0.3) is 0 Å². The van der Waals surface area contributed by atoms with Crippen molar-refractivity contribution in [2.75, 3.05) is 27.2 Å². The van der Waals surface area contributed by atoms with Crippen LogP contribution in [0.2, 0.25) is 0 Å². The summed E-state index contributed by atoms with van der Waals surface area (Å²) < 4.78 is 5.40. The van der Waals surface area contributed by atoms with E-state index < -0.39 is 0 Å². The Hall–Kier alpha value is -1.13. The minimum Gasteiger partial charge on any atom is -0.476 e. The molecule has 0 fully saturated rings. The number of pyridine rings is 1. The normalized spacial score (nSPS) is 10.6. The third-order valence-electron chi connectivity index (χ3n) is 1.73. The van der Waals surface area contributed by atoms with Crippen molar-refractivity contribution in [3.05, 3.63) is 23.9 Å². The molecule has 14 heavy (non-hydrogen) atoms. The van der Waals surface area contributed by atoms with E-state index in [1.165, 1.54) is 0 Å². The van der Waals surface area contributed by atoms with Crippen LogP contribution in [0.15, 0.2) is 18.2 Å². The summed E-state index contributed by atoms with van der Waals surface area (Å²) in [5.74, 6) is 0.568. The monoisotopic (exact) mass is 196 g/mol. The molecule has 0 radical (unpaired) electrons. The van der Waals surface area contributed by atoms with E-state index in [-0.39, 0.29) is 6.61 Å². The van der Waals surface area contributed by atoms with Crippen LogP contribution in [0, 0.1) is 0 Å². The minimum absolute atomic E-state index is 0.0507. The SMILES string of the molecule is CN(C)CCOc1cccc(CO)n1. The maximum atomic E-state index is 8.85. The van der Waals surface area contributed by atoms with Gasteiger partial charge < -0.3 is 14.7 Å². The largest absolute Gasteiger partial charge is 0.476 e. The van der Waals surface area contributed by atoms with Gasteiger partial charge >= 0.3 is 0 Å². The van der Waals surface area contributed by atoms with Crippen LogP contribution < -0.4 is 4.74 Å². The number of aliphatic hydroxyl groups excluding tert-OH is 1. The number of hydrogen-bond donors (Lipinski definition) is 1. The molecule has 4 nitrogen and oxygen atoms in total. The molecule has 4 heteroatoms. The molecule has 0 unspecified atom stereocenters. The minimum atomic E-state index is -0.0507. The molecule has 0 saturated heterocycles. The van der Waals surface area contributed by atoms with E-state index in [9.17, 15) is 0 Å². The number of hydrogen-bond acceptors (Lipinski definition) is 4. The van der Waals surface area contributed by atoms with Gasteiger partial charge in [0.1, 0.15) is 6.61 Å². The summed E-state index contributed by atoms with van der Waals surface area (Å²) in [5, 5.41) is 8.85. The summed E-state index contributed by atoms with van der Waals surface area (Å²) in [4.78, 5) is 6.13. The Morgan fingerprint density at radius 2 is 2.21 bits per heavy atom. The van der Waals surface area contributed by atoms with Crippen molar-refractivity contribution >= 4 is 0 Å². The van der Waals surface area contributed by atoms with Gasteiger partial charge in [-0.05, 0) is 20.2 Å². The molecule has 0 atom stereocenters. The van der Waals surface area contributed by atoms with Crippen molar-refractivity contribution in [2.24, 2.45) is 0 Å². The first-order valence-electron chi connectivity index (χ1n) is 4.56. The van der Waals surface area contributed by atoms with Crippen molar-refractivity contribution in [1.29, 1.82) is 0 Å². The van der Waals surface area contributed by atoms with E-state index in [0.29, 0.717) is 18.2 Å². The van der Waals surface area contributed by atoms with E-state index in [4.69, 9.17) is 9.84 Å². The second-order valence-electron chi connectivity index (χ2n) is 3.28. The third kappa shape index (κ3) is 3.72. The lowest BCUT2D eigenvalue weighted by Gasteiger charge is -2.10. The molecule has 1 aromatic heterocycles. The predicted molar refractivity (Wildman–Crippen MR) is 54.2 cm³/mol. The van der Waals surface area contributed by atoms with Crippen LogP contribution in [0.25, 0.3) is 0 Å². The number of likely N-dealkylation sites (N-methyl/N-ethyl adjacent to an activating group) is 1. The zero-order chi connectivity index (χ0) is 10.4. The average Bonchev–Trinajstić information content (AvgIpc) is 2.18. The molecule has 0 bridgehead atoms. The van der Waals surface area contributed by atoms with Gasteiger partial charge in [-0.15, -0.1) is 0 Å². The van der Waals surface area contributed by atoms with E-state index in [1.807, 2.05) is 25.1 Å². The van der Waals surface area contributed by atoms with Gasteiger partial charge in [0.2, 0.25) is 5.88 Å². The molecule has 1 rings (SSSR count). The molecule has 0 aliphatic carbocycles. The van der Waals surface area contributed by atoms with Crippen molar-refractivity contribution in [1.82, 2.24) is 9.88 Å². The van der Waals surface area contributed by atoms with E-state index in [2.05, 4.69) is 4.98 Å². The number of ether oxygens (including phenoxy) is 1. The molecule has 0 aliphatic rings. The topological polar surface area (TPSA) is 45.6 Å². The predicted octanol–water partition coefficient (Wildman–Crippen LogP) is 0.514. The molecule has 1 heterocycles. The lowest BCUT2D eigenvalue weighted by Crippen LogP contribution is -2.19. The number of aliphatic hydroxyl groups is 1. The third-order valence-corrected chi connectivity index (χ3v) is 1.73. The average molecular weight is 196 g/mol. The highest BCUT2D eigenvalue weighted by Gasteiger charge is 1.97. The Morgan fingerprint density at radius 1 is 1.43 bits per heavy atom. The quantitative estimate of drug-likeness (QED) is 0.745. The first-order valence-corrected chi connectivity index (χ1v) is 4.56. The van der Waals surface area contributed by atoms with Crippen LogP contribution >= 0.6 is 0 Å². The van der Waals surface area contributed by atoms with Gasteiger partial charge in [-0.1, -0.05) is 6.07 Å². The summed E-state index contributed by atoms with van der Waals surface area (Å²) in [5.41, 5.74) is 0.632. The Balaban J connectivity index is 2.42. The summed E-state index contributed by atoms with van der Waals surface area (Å²) >= 11 is 0. The van der Waals surface area contributed by atoms with E-state index >= 15 is 0 Å². The molecule has 1 aromatic rings. The van der Waals surface area contributed by atoms with Crippen LogP contribution in [0.1, 0.15) is 5.69 Å².